The Kier molecular flexibility index (Phi) is 5.26. The van der Waals surface area contributed by atoms with E-state index in [4.69, 9.17) is 4.74 Å². The molecule has 1 aliphatic carbocycles. The zero-order valence-corrected chi connectivity index (χ0v) is 12.5. The fourth-order valence-electron chi connectivity index (χ4n) is 2.88. The van der Waals surface area contributed by atoms with Crippen LogP contribution in [0.1, 0.15) is 52.0 Å². The van der Waals surface area contributed by atoms with Crippen LogP contribution in [-0.2, 0) is 6.54 Å². The summed E-state index contributed by atoms with van der Waals surface area (Å²) < 4.78 is 5.87. The molecule has 0 aromatic heterocycles. The molecule has 106 valence electrons. The molecule has 0 saturated heterocycles. The molecule has 0 aliphatic heterocycles. The number of ether oxygens (including phenoxy) is 1. The van der Waals surface area contributed by atoms with Crippen LogP contribution in [0.3, 0.4) is 0 Å². The first-order chi connectivity index (χ1) is 9.16. The van der Waals surface area contributed by atoms with E-state index in [-0.39, 0.29) is 6.10 Å². The fraction of sp³-hybridized carbons (Fsp3) is 0.647. The fourth-order valence-corrected chi connectivity index (χ4v) is 2.88. The molecular formula is C17H27NO. The topological polar surface area (TPSA) is 21.3 Å². The van der Waals surface area contributed by atoms with Crippen molar-refractivity contribution in [2.45, 2.75) is 65.1 Å². The minimum absolute atomic E-state index is 0.231. The van der Waals surface area contributed by atoms with E-state index >= 15 is 0 Å². The molecule has 2 unspecified atom stereocenters. The second kappa shape index (κ2) is 6.95. The van der Waals surface area contributed by atoms with E-state index in [0.717, 1.165) is 18.2 Å². The van der Waals surface area contributed by atoms with Gasteiger partial charge in [-0.2, -0.15) is 0 Å². The van der Waals surface area contributed by atoms with Gasteiger partial charge in [0.15, 0.2) is 0 Å². The van der Waals surface area contributed by atoms with Crippen molar-refractivity contribution in [3.63, 3.8) is 0 Å². The highest BCUT2D eigenvalue weighted by atomic mass is 16.5. The molecule has 2 nitrogen and oxygen atoms in total. The van der Waals surface area contributed by atoms with E-state index in [1.54, 1.807) is 0 Å². The maximum atomic E-state index is 5.87. The second-order valence-corrected chi connectivity index (χ2v) is 6.02. The number of para-hydroxylation sites is 1. The first kappa shape index (κ1) is 14.4. The summed E-state index contributed by atoms with van der Waals surface area (Å²) in [5, 5.41) is 3.72. The highest BCUT2D eigenvalue weighted by Crippen LogP contribution is 2.25. The Hall–Kier alpha value is -1.02. The largest absolute Gasteiger partial charge is 0.491 e. The summed E-state index contributed by atoms with van der Waals surface area (Å²) in [6, 6.07) is 9.04. The SMILES string of the molecule is CC(C)Oc1ccccc1CNC1CCCCC1C. The Morgan fingerprint density at radius 2 is 1.95 bits per heavy atom. The first-order valence-electron chi connectivity index (χ1n) is 7.64. The summed E-state index contributed by atoms with van der Waals surface area (Å²) in [6.07, 6.45) is 5.67. The van der Waals surface area contributed by atoms with Gasteiger partial charge in [-0.05, 0) is 38.7 Å². The van der Waals surface area contributed by atoms with E-state index in [0.29, 0.717) is 6.04 Å². The van der Waals surface area contributed by atoms with Crippen LogP contribution in [0.2, 0.25) is 0 Å². The highest BCUT2D eigenvalue weighted by molar-refractivity contribution is 5.33. The molecule has 2 rings (SSSR count). The van der Waals surface area contributed by atoms with Crippen molar-refractivity contribution >= 4 is 0 Å². The molecular weight excluding hydrogens is 234 g/mol. The average Bonchev–Trinajstić information content (AvgIpc) is 2.39. The van der Waals surface area contributed by atoms with Crippen molar-refractivity contribution in [3.8, 4) is 5.75 Å². The third kappa shape index (κ3) is 4.24. The molecule has 1 N–H and O–H groups in total. The van der Waals surface area contributed by atoms with E-state index in [1.165, 1.54) is 31.2 Å². The number of benzene rings is 1. The van der Waals surface area contributed by atoms with Crippen molar-refractivity contribution in [3.05, 3.63) is 29.8 Å². The Bertz CT molecular complexity index is 389. The lowest BCUT2D eigenvalue weighted by molar-refractivity contribution is 0.236. The molecule has 1 aromatic rings. The van der Waals surface area contributed by atoms with Crippen LogP contribution in [0, 0.1) is 5.92 Å². The monoisotopic (exact) mass is 261 g/mol. The van der Waals surface area contributed by atoms with Crippen LogP contribution in [0.4, 0.5) is 0 Å². The zero-order valence-electron chi connectivity index (χ0n) is 12.5. The van der Waals surface area contributed by atoms with Gasteiger partial charge in [0.2, 0.25) is 0 Å². The number of hydrogen-bond donors (Lipinski definition) is 1. The smallest absolute Gasteiger partial charge is 0.124 e. The molecule has 2 heteroatoms. The summed E-state index contributed by atoms with van der Waals surface area (Å²) >= 11 is 0. The summed E-state index contributed by atoms with van der Waals surface area (Å²) in [7, 11) is 0. The van der Waals surface area contributed by atoms with Gasteiger partial charge in [-0.3, -0.25) is 0 Å². The lowest BCUT2D eigenvalue weighted by Crippen LogP contribution is -2.36. The summed E-state index contributed by atoms with van der Waals surface area (Å²) in [5.41, 5.74) is 1.27. The van der Waals surface area contributed by atoms with Gasteiger partial charge in [0.25, 0.3) is 0 Å². The number of hydrogen-bond acceptors (Lipinski definition) is 2. The molecule has 0 amide bonds. The minimum atomic E-state index is 0.231. The molecule has 1 saturated carbocycles. The Balaban J connectivity index is 1.94. The Morgan fingerprint density at radius 3 is 2.68 bits per heavy atom. The molecule has 0 bridgehead atoms. The van der Waals surface area contributed by atoms with E-state index in [2.05, 4.69) is 44.3 Å². The summed E-state index contributed by atoms with van der Waals surface area (Å²) in [4.78, 5) is 0. The van der Waals surface area contributed by atoms with Gasteiger partial charge in [0.05, 0.1) is 6.10 Å². The van der Waals surface area contributed by atoms with Crippen LogP contribution in [0.25, 0.3) is 0 Å². The molecule has 1 fully saturated rings. The van der Waals surface area contributed by atoms with Crippen LogP contribution in [0.15, 0.2) is 24.3 Å². The minimum Gasteiger partial charge on any atom is -0.491 e. The van der Waals surface area contributed by atoms with Crippen molar-refractivity contribution in [1.82, 2.24) is 5.32 Å². The summed E-state index contributed by atoms with van der Waals surface area (Å²) in [6.45, 7) is 7.44. The maximum absolute atomic E-state index is 5.87. The van der Waals surface area contributed by atoms with Gasteiger partial charge in [0, 0.05) is 18.2 Å². The molecule has 0 spiro atoms. The Labute approximate surface area is 117 Å². The first-order valence-corrected chi connectivity index (χ1v) is 7.64. The van der Waals surface area contributed by atoms with Crippen LogP contribution in [0.5, 0.6) is 5.75 Å². The van der Waals surface area contributed by atoms with E-state index in [9.17, 15) is 0 Å². The number of nitrogens with one attached hydrogen (secondary N) is 1. The molecule has 0 radical (unpaired) electrons. The predicted molar refractivity (Wildman–Crippen MR) is 80.5 cm³/mol. The lowest BCUT2D eigenvalue weighted by Gasteiger charge is -2.30. The van der Waals surface area contributed by atoms with Crippen molar-refractivity contribution in [1.29, 1.82) is 0 Å². The van der Waals surface area contributed by atoms with Gasteiger partial charge >= 0.3 is 0 Å². The van der Waals surface area contributed by atoms with Crippen molar-refractivity contribution in [2.75, 3.05) is 0 Å². The van der Waals surface area contributed by atoms with Crippen LogP contribution < -0.4 is 10.1 Å². The molecule has 1 aromatic carbocycles. The standard InChI is InChI=1S/C17H27NO/c1-13(2)19-17-11-7-5-9-15(17)12-18-16-10-6-4-8-14(16)3/h5,7,9,11,13-14,16,18H,4,6,8,10,12H2,1-3H3. The van der Waals surface area contributed by atoms with Gasteiger partial charge in [-0.25, -0.2) is 0 Å². The zero-order chi connectivity index (χ0) is 13.7. The normalized spacial score (nSPS) is 23.6. The molecule has 0 heterocycles. The second-order valence-electron chi connectivity index (χ2n) is 6.02. The van der Waals surface area contributed by atoms with Crippen LogP contribution in [-0.4, -0.2) is 12.1 Å². The molecule has 19 heavy (non-hydrogen) atoms. The van der Waals surface area contributed by atoms with Crippen LogP contribution >= 0.6 is 0 Å². The average molecular weight is 261 g/mol. The molecule has 2 atom stereocenters. The van der Waals surface area contributed by atoms with Gasteiger partial charge in [-0.1, -0.05) is 38.0 Å². The third-order valence-electron chi connectivity index (χ3n) is 4.00. The van der Waals surface area contributed by atoms with Crippen molar-refractivity contribution < 1.29 is 4.74 Å². The maximum Gasteiger partial charge on any atom is 0.124 e. The van der Waals surface area contributed by atoms with Crippen molar-refractivity contribution in [2.24, 2.45) is 5.92 Å². The Morgan fingerprint density at radius 1 is 1.21 bits per heavy atom. The predicted octanol–water partition coefficient (Wildman–Crippen LogP) is 4.14. The van der Waals surface area contributed by atoms with Gasteiger partial charge in [0.1, 0.15) is 5.75 Å². The lowest BCUT2D eigenvalue weighted by atomic mass is 9.86. The molecule has 1 aliphatic rings. The third-order valence-corrected chi connectivity index (χ3v) is 4.00. The van der Waals surface area contributed by atoms with Gasteiger partial charge in [-0.15, -0.1) is 0 Å². The number of rotatable bonds is 5. The van der Waals surface area contributed by atoms with E-state index in [1.807, 2.05) is 6.07 Å². The highest BCUT2D eigenvalue weighted by Gasteiger charge is 2.20. The van der Waals surface area contributed by atoms with Gasteiger partial charge < -0.3 is 10.1 Å². The van der Waals surface area contributed by atoms with E-state index < -0.39 is 0 Å². The quantitative estimate of drug-likeness (QED) is 0.860. The summed E-state index contributed by atoms with van der Waals surface area (Å²) in [5.74, 6) is 1.82.